The van der Waals surface area contributed by atoms with Crippen molar-refractivity contribution in [2.24, 2.45) is 0 Å². The lowest BCUT2D eigenvalue weighted by Crippen LogP contribution is -2.41. The first-order chi connectivity index (χ1) is 5.89. The van der Waals surface area contributed by atoms with Gasteiger partial charge in [0.25, 0.3) is 0 Å². The molecular formula is C8H16ClNO3. The molecule has 0 fully saturated rings. The molecule has 4 nitrogen and oxygen atoms in total. The molecule has 2 N–H and O–H groups in total. The fraction of sp³-hybridized carbons (Fsp3) is 0.875. The molecular weight excluding hydrogens is 194 g/mol. The third kappa shape index (κ3) is 6.66. The number of amides is 1. The van der Waals surface area contributed by atoms with Crippen molar-refractivity contribution in [3.05, 3.63) is 0 Å². The first-order valence-corrected chi connectivity index (χ1v) is 4.59. The minimum atomic E-state index is -0.563. The Labute approximate surface area is 83.2 Å². The molecule has 1 amide bonds. The van der Waals surface area contributed by atoms with Gasteiger partial charge in [0.15, 0.2) is 0 Å². The molecule has 0 bridgehead atoms. The van der Waals surface area contributed by atoms with Gasteiger partial charge in [0, 0.05) is 5.88 Å². The molecule has 5 heteroatoms. The molecule has 0 spiro atoms. The van der Waals surface area contributed by atoms with Crippen LogP contribution >= 0.6 is 11.6 Å². The number of carbonyl (C=O) groups is 1. The highest BCUT2D eigenvalue weighted by Gasteiger charge is 2.18. The number of alkyl halides is 1. The Bertz CT molecular complexity index is 163. The summed E-state index contributed by atoms with van der Waals surface area (Å²) in [7, 11) is 0. The number of halogens is 1. The number of aliphatic hydroxyl groups is 1. The van der Waals surface area contributed by atoms with E-state index >= 15 is 0 Å². The lowest BCUT2D eigenvalue weighted by Gasteiger charge is -2.21. The normalized spacial score (nSPS) is 13.6. The minimum absolute atomic E-state index is 0.162. The van der Waals surface area contributed by atoms with Crippen LogP contribution in [0.3, 0.4) is 0 Å². The average Bonchev–Trinajstić information content (AvgIpc) is 1.96. The maximum atomic E-state index is 11.1. The van der Waals surface area contributed by atoms with Gasteiger partial charge in [-0.1, -0.05) is 0 Å². The first kappa shape index (κ1) is 12.5. The zero-order chi connectivity index (χ0) is 10.5. The summed E-state index contributed by atoms with van der Waals surface area (Å²) in [6.07, 6.45) is -0.563. The lowest BCUT2D eigenvalue weighted by atomic mass is 10.2. The van der Waals surface area contributed by atoms with Crippen molar-refractivity contribution in [1.29, 1.82) is 0 Å². The van der Waals surface area contributed by atoms with Crippen molar-refractivity contribution in [2.45, 2.75) is 32.4 Å². The Morgan fingerprint density at radius 3 is 2.46 bits per heavy atom. The van der Waals surface area contributed by atoms with Crippen LogP contribution in [0.4, 0.5) is 4.79 Å². The fourth-order valence-electron chi connectivity index (χ4n) is 0.607. The Balaban J connectivity index is 3.86. The van der Waals surface area contributed by atoms with Gasteiger partial charge in [0.1, 0.15) is 5.60 Å². The van der Waals surface area contributed by atoms with Crippen LogP contribution in [-0.2, 0) is 4.74 Å². The van der Waals surface area contributed by atoms with Gasteiger partial charge in [0.2, 0.25) is 0 Å². The molecule has 78 valence electrons. The second kappa shape index (κ2) is 5.29. The van der Waals surface area contributed by atoms with Crippen molar-refractivity contribution in [2.75, 3.05) is 12.5 Å². The van der Waals surface area contributed by atoms with E-state index in [1.54, 1.807) is 20.8 Å². The summed E-state index contributed by atoms with van der Waals surface area (Å²) in [5.41, 5.74) is -0.531. The molecule has 0 heterocycles. The van der Waals surface area contributed by atoms with Gasteiger partial charge in [-0.15, -0.1) is 11.6 Å². The molecule has 0 aromatic carbocycles. The molecule has 0 aromatic heterocycles. The molecule has 0 unspecified atom stereocenters. The summed E-state index contributed by atoms with van der Waals surface area (Å²) in [5, 5.41) is 11.1. The van der Waals surface area contributed by atoms with Crippen LogP contribution in [-0.4, -0.2) is 35.3 Å². The highest BCUT2D eigenvalue weighted by atomic mass is 35.5. The summed E-state index contributed by atoms with van der Waals surface area (Å²) < 4.78 is 4.95. The third-order valence-corrected chi connectivity index (χ3v) is 1.50. The molecule has 0 aliphatic carbocycles. The van der Waals surface area contributed by atoms with E-state index in [1.807, 2.05) is 0 Å². The van der Waals surface area contributed by atoms with Gasteiger partial charge in [-0.3, -0.25) is 0 Å². The Kier molecular flexibility index (Phi) is 5.10. The quantitative estimate of drug-likeness (QED) is 0.685. The van der Waals surface area contributed by atoms with Crippen molar-refractivity contribution in [1.82, 2.24) is 5.32 Å². The van der Waals surface area contributed by atoms with Crippen molar-refractivity contribution >= 4 is 17.7 Å². The first-order valence-electron chi connectivity index (χ1n) is 4.05. The van der Waals surface area contributed by atoms with Crippen LogP contribution in [0.15, 0.2) is 0 Å². The molecule has 0 saturated carbocycles. The van der Waals surface area contributed by atoms with E-state index in [2.05, 4.69) is 5.32 Å². The number of carbonyl (C=O) groups excluding carboxylic acids is 1. The van der Waals surface area contributed by atoms with Crippen LogP contribution in [0.2, 0.25) is 0 Å². The molecule has 0 aliphatic rings. The molecule has 0 saturated heterocycles. The number of alkyl carbamates (subject to hydrolysis) is 1. The summed E-state index contributed by atoms with van der Waals surface area (Å²) in [5.74, 6) is 0.162. The van der Waals surface area contributed by atoms with Crippen LogP contribution in [0.5, 0.6) is 0 Å². The zero-order valence-corrected chi connectivity index (χ0v) is 8.89. The summed E-state index contributed by atoms with van der Waals surface area (Å²) >= 11 is 5.45. The number of rotatable bonds is 3. The van der Waals surface area contributed by atoms with E-state index in [9.17, 15) is 4.79 Å². The monoisotopic (exact) mass is 209 g/mol. The van der Waals surface area contributed by atoms with E-state index in [0.717, 1.165) is 0 Å². The summed E-state index contributed by atoms with van der Waals surface area (Å²) in [6, 6.07) is -0.448. The Morgan fingerprint density at radius 1 is 1.62 bits per heavy atom. The van der Waals surface area contributed by atoms with Crippen LogP contribution in [0.25, 0.3) is 0 Å². The number of aliphatic hydroxyl groups excluding tert-OH is 1. The molecule has 13 heavy (non-hydrogen) atoms. The van der Waals surface area contributed by atoms with E-state index < -0.39 is 17.7 Å². The van der Waals surface area contributed by atoms with Gasteiger partial charge in [-0.2, -0.15) is 0 Å². The average molecular weight is 210 g/mol. The lowest BCUT2D eigenvalue weighted by molar-refractivity contribution is 0.0490. The largest absolute Gasteiger partial charge is 0.444 e. The van der Waals surface area contributed by atoms with Gasteiger partial charge in [-0.25, -0.2) is 4.79 Å². The number of ether oxygens (including phenoxy) is 1. The maximum absolute atomic E-state index is 11.1. The van der Waals surface area contributed by atoms with Gasteiger partial charge >= 0.3 is 6.09 Å². The zero-order valence-electron chi connectivity index (χ0n) is 8.13. The van der Waals surface area contributed by atoms with E-state index in [4.69, 9.17) is 21.4 Å². The van der Waals surface area contributed by atoms with Gasteiger partial charge < -0.3 is 15.2 Å². The Hall–Kier alpha value is -0.480. The number of hydrogen-bond acceptors (Lipinski definition) is 3. The van der Waals surface area contributed by atoms with Gasteiger partial charge in [-0.05, 0) is 20.8 Å². The summed E-state index contributed by atoms with van der Waals surface area (Å²) in [6.45, 7) is 5.10. The van der Waals surface area contributed by atoms with Crippen molar-refractivity contribution in [3.8, 4) is 0 Å². The van der Waals surface area contributed by atoms with E-state index in [-0.39, 0.29) is 12.5 Å². The van der Waals surface area contributed by atoms with Crippen molar-refractivity contribution < 1.29 is 14.6 Å². The maximum Gasteiger partial charge on any atom is 0.407 e. The van der Waals surface area contributed by atoms with E-state index in [0.29, 0.717) is 0 Å². The molecule has 0 radical (unpaired) electrons. The minimum Gasteiger partial charge on any atom is -0.444 e. The fourth-order valence-corrected chi connectivity index (χ4v) is 0.782. The van der Waals surface area contributed by atoms with E-state index in [1.165, 1.54) is 0 Å². The molecule has 0 rings (SSSR count). The Morgan fingerprint density at radius 2 is 2.15 bits per heavy atom. The third-order valence-electron chi connectivity index (χ3n) is 1.13. The number of nitrogens with one attached hydrogen (secondary N) is 1. The topological polar surface area (TPSA) is 58.6 Å². The summed E-state index contributed by atoms with van der Waals surface area (Å²) in [4.78, 5) is 11.1. The molecule has 0 aromatic rings. The second-order valence-electron chi connectivity index (χ2n) is 3.68. The van der Waals surface area contributed by atoms with Crippen LogP contribution < -0.4 is 5.32 Å². The molecule has 0 aliphatic heterocycles. The smallest absolute Gasteiger partial charge is 0.407 e. The van der Waals surface area contributed by atoms with Crippen molar-refractivity contribution in [3.63, 3.8) is 0 Å². The van der Waals surface area contributed by atoms with Crippen LogP contribution in [0.1, 0.15) is 20.8 Å². The predicted molar refractivity (Wildman–Crippen MR) is 51.0 cm³/mol. The highest BCUT2D eigenvalue weighted by molar-refractivity contribution is 6.18. The standard InChI is InChI=1S/C8H16ClNO3/c1-8(2,3)13-7(12)10-6(4-9)5-11/h6,11H,4-5H2,1-3H3,(H,10,12)/t6-/m0/s1. The SMILES string of the molecule is CC(C)(C)OC(=O)N[C@H](CO)CCl. The predicted octanol–water partition coefficient (Wildman–Crippen LogP) is 1.11. The van der Waals surface area contributed by atoms with Gasteiger partial charge in [0.05, 0.1) is 12.6 Å². The number of hydrogen-bond donors (Lipinski definition) is 2. The highest BCUT2D eigenvalue weighted by Crippen LogP contribution is 2.06. The molecule has 1 atom stereocenters. The van der Waals surface area contributed by atoms with Crippen LogP contribution in [0, 0.1) is 0 Å². The second-order valence-corrected chi connectivity index (χ2v) is 3.99.